The molecule has 0 saturated heterocycles. The maximum atomic E-state index is 4.33. The Morgan fingerprint density at radius 1 is 1.28 bits per heavy atom. The van der Waals surface area contributed by atoms with Gasteiger partial charge in [0.25, 0.3) is 0 Å². The van der Waals surface area contributed by atoms with Crippen molar-refractivity contribution in [3.05, 3.63) is 46.6 Å². The van der Waals surface area contributed by atoms with Crippen LogP contribution in [0.25, 0.3) is 0 Å². The number of rotatable bonds is 3. The summed E-state index contributed by atoms with van der Waals surface area (Å²) < 4.78 is 1.88. The summed E-state index contributed by atoms with van der Waals surface area (Å²) in [5.74, 6) is 1.06. The molecule has 0 radical (unpaired) electrons. The molecule has 0 atom stereocenters. The van der Waals surface area contributed by atoms with Crippen LogP contribution in [0.3, 0.4) is 0 Å². The van der Waals surface area contributed by atoms with Crippen molar-refractivity contribution >= 4 is 5.82 Å². The third-order valence-electron chi connectivity index (χ3n) is 3.38. The molecule has 2 N–H and O–H groups in total. The standard InChI is InChI=1S/C14H18N4/c1-10-5-14(18(2)17-10)16-7-11-3-4-12-8-15-9-13(12)6-11/h3-6,15-16H,7-9H2,1-2H3. The molecule has 0 bridgehead atoms. The molecule has 4 nitrogen and oxygen atoms in total. The summed E-state index contributed by atoms with van der Waals surface area (Å²) in [6.07, 6.45) is 0. The number of nitrogens with one attached hydrogen (secondary N) is 2. The second-order valence-electron chi connectivity index (χ2n) is 4.85. The van der Waals surface area contributed by atoms with E-state index in [1.165, 1.54) is 16.7 Å². The van der Waals surface area contributed by atoms with E-state index in [9.17, 15) is 0 Å². The number of benzene rings is 1. The fourth-order valence-electron chi connectivity index (χ4n) is 2.43. The van der Waals surface area contributed by atoms with Gasteiger partial charge in [0.1, 0.15) is 5.82 Å². The van der Waals surface area contributed by atoms with Crippen molar-refractivity contribution in [2.45, 2.75) is 26.6 Å². The number of aryl methyl sites for hydroxylation is 2. The number of hydrogen-bond acceptors (Lipinski definition) is 3. The van der Waals surface area contributed by atoms with Gasteiger partial charge in [-0.05, 0) is 23.6 Å². The van der Waals surface area contributed by atoms with Crippen LogP contribution in [-0.4, -0.2) is 9.78 Å². The third kappa shape index (κ3) is 2.11. The van der Waals surface area contributed by atoms with Crippen molar-refractivity contribution in [3.63, 3.8) is 0 Å². The molecule has 1 aromatic carbocycles. The predicted octanol–water partition coefficient (Wildman–Crippen LogP) is 1.94. The lowest BCUT2D eigenvalue weighted by Gasteiger charge is -2.08. The average molecular weight is 242 g/mol. The van der Waals surface area contributed by atoms with Crippen LogP contribution in [0.5, 0.6) is 0 Å². The van der Waals surface area contributed by atoms with E-state index < -0.39 is 0 Å². The van der Waals surface area contributed by atoms with Gasteiger partial charge in [0, 0.05) is 32.7 Å². The second kappa shape index (κ2) is 4.46. The molecule has 0 amide bonds. The van der Waals surface area contributed by atoms with E-state index in [1.807, 2.05) is 18.7 Å². The Morgan fingerprint density at radius 2 is 2.11 bits per heavy atom. The van der Waals surface area contributed by atoms with E-state index in [0.717, 1.165) is 31.1 Å². The topological polar surface area (TPSA) is 41.9 Å². The fraction of sp³-hybridized carbons (Fsp3) is 0.357. The first-order valence-electron chi connectivity index (χ1n) is 6.28. The first-order chi connectivity index (χ1) is 8.72. The molecule has 0 fully saturated rings. The highest BCUT2D eigenvalue weighted by Gasteiger charge is 2.10. The van der Waals surface area contributed by atoms with Gasteiger partial charge in [0.15, 0.2) is 0 Å². The first kappa shape index (κ1) is 11.3. The third-order valence-corrected chi connectivity index (χ3v) is 3.38. The molecule has 3 rings (SSSR count). The van der Waals surface area contributed by atoms with Gasteiger partial charge >= 0.3 is 0 Å². The number of hydrogen-bond donors (Lipinski definition) is 2. The number of aromatic nitrogens is 2. The van der Waals surface area contributed by atoms with Crippen LogP contribution in [0.2, 0.25) is 0 Å². The maximum absolute atomic E-state index is 4.33. The van der Waals surface area contributed by atoms with Crippen LogP contribution in [0.4, 0.5) is 5.82 Å². The summed E-state index contributed by atoms with van der Waals surface area (Å²) in [5, 5.41) is 11.1. The van der Waals surface area contributed by atoms with Gasteiger partial charge in [0.05, 0.1) is 5.69 Å². The van der Waals surface area contributed by atoms with Gasteiger partial charge < -0.3 is 10.6 Å². The van der Waals surface area contributed by atoms with Crippen molar-refractivity contribution in [1.29, 1.82) is 0 Å². The summed E-state index contributed by atoms with van der Waals surface area (Å²) in [7, 11) is 1.96. The Hall–Kier alpha value is -1.81. The normalized spacial score (nSPS) is 13.7. The van der Waals surface area contributed by atoms with E-state index in [2.05, 4.69) is 40.0 Å². The Labute approximate surface area is 107 Å². The van der Waals surface area contributed by atoms with Gasteiger partial charge in [-0.1, -0.05) is 18.2 Å². The van der Waals surface area contributed by atoms with Gasteiger partial charge in [-0.3, -0.25) is 4.68 Å². The summed E-state index contributed by atoms with van der Waals surface area (Å²) >= 11 is 0. The van der Waals surface area contributed by atoms with Crippen LogP contribution in [0, 0.1) is 6.92 Å². The molecule has 0 unspecified atom stereocenters. The highest BCUT2D eigenvalue weighted by molar-refractivity contribution is 5.40. The zero-order valence-corrected chi connectivity index (χ0v) is 10.8. The van der Waals surface area contributed by atoms with Gasteiger partial charge in [-0.2, -0.15) is 5.10 Å². The van der Waals surface area contributed by atoms with Gasteiger partial charge in [-0.25, -0.2) is 0 Å². The molecule has 0 aliphatic carbocycles. The SMILES string of the molecule is Cc1cc(NCc2ccc3c(c2)CNC3)n(C)n1. The molecule has 1 aliphatic heterocycles. The zero-order chi connectivity index (χ0) is 12.5. The molecule has 94 valence electrons. The minimum Gasteiger partial charge on any atom is -0.366 e. The Morgan fingerprint density at radius 3 is 2.89 bits per heavy atom. The molecular weight excluding hydrogens is 224 g/mol. The zero-order valence-electron chi connectivity index (χ0n) is 10.8. The molecule has 1 aliphatic rings. The van der Waals surface area contributed by atoms with Crippen molar-refractivity contribution in [1.82, 2.24) is 15.1 Å². The minimum atomic E-state index is 0.840. The molecular formula is C14H18N4. The molecule has 0 saturated carbocycles. The highest BCUT2D eigenvalue weighted by atomic mass is 15.3. The molecule has 0 spiro atoms. The second-order valence-corrected chi connectivity index (χ2v) is 4.85. The van der Waals surface area contributed by atoms with Crippen molar-refractivity contribution in [2.75, 3.05) is 5.32 Å². The van der Waals surface area contributed by atoms with Crippen LogP contribution in [0.1, 0.15) is 22.4 Å². The molecule has 2 heterocycles. The number of fused-ring (bicyclic) bond motifs is 1. The van der Waals surface area contributed by atoms with Crippen LogP contribution in [-0.2, 0) is 26.7 Å². The highest BCUT2D eigenvalue weighted by Crippen LogP contribution is 2.18. The first-order valence-corrected chi connectivity index (χ1v) is 6.28. The number of anilines is 1. The van der Waals surface area contributed by atoms with Gasteiger partial charge in [-0.15, -0.1) is 0 Å². The monoisotopic (exact) mass is 242 g/mol. The molecule has 1 aromatic heterocycles. The Kier molecular flexibility index (Phi) is 2.80. The van der Waals surface area contributed by atoms with E-state index >= 15 is 0 Å². The molecule has 2 aromatic rings. The minimum absolute atomic E-state index is 0.840. The largest absolute Gasteiger partial charge is 0.366 e. The van der Waals surface area contributed by atoms with E-state index in [0.29, 0.717) is 0 Å². The van der Waals surface area contributed by atoms with E-state index in [1.54, 1.807) is 0 Å². The van der Waals surface area contributed by atoms with Gasteiger partial charge in [0.2, 0.25) is 0 Å². The summed E-state index contributed by atoms with van der Waals surface area (Å²) in [4.78, 5) is 0. The van der Waals surface area contributed by atoms with Crippen LogP contribution < -0.4 is 10.6 Å². The lowest BCUT2D eigenvalue weighted by atomic mass is 10.1. The Balaban J connectivity index is 1.72. The smallest absolute Gasteiger partial charge is 0.124 e. The summed E-state index contributed by atoms with van der Waals surface area (Å²) in [6.45, 7) is 4.84. The predicted molar refractivity (Wildman–Crippen MR) is 72.3 cm³/mol. The summed E-state index contributed by atoms with van der Waals surface area (Å²) in [5.41, 5.74) is 5.21. The van der Waals surface area contributed by atoms with Crippen molar-refractivity contribution in [3.8, 4) is 0 Å². The van der Waals surface area contributed by atoms with Crippen molar-refractivity contribution in [2.24, 2.45) is 7.05 Å². The van der Waals surface area contributed by atoms with Crippen LogP contribution >= 0.6 is 0 Å². The lowest BCUT2D eigenvalue weighted by Crippen LogP contribution is -2.05. The maximum Gasteiger partial charge on any atom is 0.124 e. The quantitative estimate of drug-likeness (QED) is 0.864. The van der Waals surface area contributed by atoms with E-state index in [4.69, 9.17) is 0 Å². The van der Waals surface area contributed by atoms with Crippen molar-refractivity contribution < 1.29 is 0 Å². The lowest BCUT2D eigenvalue weighted by molar-refractivity contribution is 0.758. The van der Waals surface area contributed by atoms with E-state index in [-0.39, 0.29) is 0 Å². The number of nitrogens with zero attached hydrogens (tertiary/aromatic N) is 2. The summed E-state index contributed by atoms with van der Waals surface area (Å²) in [6, 6.07) is 8.77. The molecule has 18 heavy (non-hydrogen) atoms. The molecule has 4 heteroatoms. The Bertz CT molecular complexity index is 571. The van der Waals surface area contributed by atoms with Crippen LogP contribution in [0.15, 0.2) is 24.3 Å². The average Bonchev–Trinajstić information content (AvgIpc) is 2.92. The fourth-order valence-corrected chi connectivity index (χ4v) is 2.43.